The first kappa shape index (κ1) is 15.4. The number of H-pyrrole nitrogens is 1. The summed E-state index contributed by atoms with van der Waals surface area (Å²) < 4.78 is 5.16. The molecule has 3 heterocycles. The summed E-state index contributed by atoms with van der Waals surface area (Å²) in [6.45, 7) is 4.51. The number of carbonyl (C=O) groups excluding carboxylic acids is 1. The molecule has 128 valence electrons. The first-order valence-electron chi connectivity index (χ1n) is 8.62. The Morgan fingerprint density at radius 3 is 3.00 bits per heavy atom. The van der Waals surface area contributed by atoms with Gasteiger partial charge in [0, 0.05) is 30.5 Å². The summed E-state index contributed by atoms with van der Waals surface area (Å²) >= 11 is 0. The van der Waals surface area contributed by atoms with Gasteiger partial charge in [-0.15, -0.1) is 0 Å². The van der Waals surface area contributed by atoms with E-state index in [0.717, 1.165) is 56.1 Å². The second kappa shape index (κ2) is 6.39. The lowest BCUT2D eigenvalue weighted by Gasteiger charge is -2.37. The summed E-state index contributed by atoms with van der Waals surface area (Å²) in [6, 6.07) is 2.04. The van der Waals surface area contributed by atoms with Gasteiger partial charge in [0.15, 0.2) is 5.82 Å². The van der Waals surface area contributed by atoms with E-state index in [4.69, 9.17) is 4.42 Å². The van der Waals surface area contributed by atoms with Crippen LogP contribution in [0.1, 0.15) is 42.4 Å². The number of hydrogen-bond acceptors (Lipinski definition) is 5. The van der Waals surface area contributed by atoms with Crippen molar-refractivity contribution in [1.29, 1.82) is 0 Å². The lowest BCUT2D eigenvalue weighted by molar-refractivity contribution is -0.123. The van der Waals surface area contributed by atoms with Gasteiger partial charge in [-0.1, -0.05) is 0 Å². The Morgan fingerprint density at radius 2 is 2.33 bits per heavy atom. The normalized spacial score (nSPS) is 24.9. The molecule has 1 aliphatic heterocycles. The molecule has 0 spiro atoms. The average molecular weight is 329 g/mol. The van der Waals surface area contributed by atoms with Crippen LogP contribution in [0, 0.1) is 12.8 Å². The monoisotopic (exact) mass is 329 g/mol. The number of piperidine rings is 1. The van der Waals surface area contributed by atoms with Crippen molar-refractivity contribution < 1.29 is 9.21 Å². The van der Waals surface area contributed by atoms with Crippen LogP contribution in [-0.2, 0) is 11.3 Å². The van der Waals surface area contributed by atoms with Gasteiger partial charge in [-0.05, 0) is 38.8 Å². The highest BCUT2D eigenvalue weighted by molar-refractivity contribution is 5.81. The lowest BCUT2D eigenvalue weighted by Crippen LogP contribution is -2.52. The number of aryl methyl sites for hydroxylation is 1. The fourth-order valence-corrected chi connectivity index (χ4v) is 3.43. The number of likely N-dealkylation sites (tertiary alicyclic amines) is 1. The van der Waals surface area contributed by atoms with Gasteiger partial charge in [-0.2, -0.15) is 5.10 Å². The zero-order valence-corrected chi connectivity index (χ0v) is 13.9. The third-order valence-corrected chi connectivity index (χ3v) is 4.91. The highest BCUT2D eigenvalue weighted by Gasteiger charge is 2.37. The molecule has 2 aliphatic rings. The van der Waals surface area contributed by atoms with Crippen LogP contribution in [0.15, 0.2) is 23.0 Å². The van der Waals surface area contributed by atoms with Crippen LogP contribution < -0.4 is 5.32 Å². The molecule has 1 aliphatic carbocycles. The number of furan rings is 1. The Hall–Kier alpha value is -2.15. The van der Waals surface area contributed by atoms with Crippen LogP contribution in [0.25, 0.3) is 0 Å². The van der Waals surface area contributed by atoms with Crippen molar-refractivity contribution in [3.63, 3.8) is 0 Å². The van der Waals surface area contributed by atoms with E-state index in [1.165, 1.54) is 0 Å². The maximum Gasteiger partial charge on any atom is 0.223 e. The molecule has 0 unspecified atom stereocenters. The first-order valence-corrected chi connectivity index (χ1v) is 8.62. The molecule has 0 radical (unpaired) electrons. The summed E-state index contributed by atoms with van der Waals surface area (Å²) in [5, 5.41) is 10.5. The largest absolute Gasteiger partial charge is 0.472 e. The fourth-order valence-electron chi connectivity index (χ4n) is 3.43. The predicted octanol–water partition coefficient (Wildman–Crippen LogP) is 1.59. The number of aromatic amines is 1. The predicted molar refractivity (Wildman–Crippen MR) is 87.1 cm³/mol. The van der Waals surface area contributed by atoms with E-state index in [1.54, 1.807) is 12.5 Å². The Kier molecular flexibility index (Phi) is 4.10. The fraction of sp³-hybridized carbons (Fsp3) is 0.588. The summed E-state index contributed by atoms with van der Waals surface area (Å²) in [6.07, 6.45) is 6.45. The summed E-state index contributed by atoms with van der Waals surface area (Å²) in [5.74, 6) is 2.19. The van der Waals surface area contributed by atoms with Crippen LogP contribution in [0.4, 0.5) is 0 Å². The molecular formula is C17H23N5O2. The number of amides is 1. The van der Waals surface area contributed by atoms with Crippen molar-refractivity contribution in [2.75, 3.05) is 13.1 Å². The van der Waals surface area contributed by atoms with Crippen LogP contribution >= 0.6 is 0 Å². The highest BCUT2D eigenvalue weighted by atomic mass is 16.3. The molecule has 24 heavy (non-hydrogen) atoms. The van der Waals surface area contributed by atoms with E-state index in [0.29, 0.717) is 0 Å². The van der Waals surface area contributed by atoms with E-state index < -0.39 is 0 Å². The van der Waals surface area contributed by atoms with Gasteiger partial charge in [0.05, 0.1) is 18.6 Å². The number of hydrogen-bond donors (Lipinski definition) is 2. The average Bonchev–Trinajstić information content (AvgIpc) is 3.15. The minimum absolute atomic E-state index is 0.0500. The second-order valence-corrected chi connectivity index (χ2v) is 6.93. The van der Waals surface area contributed by atoms with E-state index in [-0.39, 0.29) is 23.8 Å². The van der Waals surface area contributed by atoms with Crippen molar-refractivity contribution in [2.24, 2.45) is 5.92 Å². The molecule has 2 aromatic heterocycles. The van der Waals surface area contributed by atoms with Crippen LogP contribution in [0.3, 0.4) is 0 Å². The number of nitrogens with one attached hydrogen (secondary N) is 2. The van der Waals surface area contributed by atoms with Crippen molar-refractivity contribution in [3.8, 4) is 0 Å². The van der Waals surface area contributed by atoms with Crippen LogP contribution in [0.5, 0.6) is 0 Å². The van der Waals surface area contributed by atoms with Gasteiger partial charge in [-0.3, -0.25) is 14.8 Å². The number of aromatic nitrogens is 3. The topological polar surface area (TPSA) is 87.1 Å². The van der Waals surface area contributed by atoms with Crippen molar-refractivity contribution in [1.82, 2.24) is 25.4 Å². The zero-order chi connectivity index (χ0) is 16.5. The summed E-state index contributed by atoms with van der Waals surface area (Å²) in [7, 11) is 0. The molecule has 2 aromatic rings. The first-order chi connectivity index (χ1) is 11.7. The Balaban J connectivity index is 1.48. The molecule has 7 heteroatoms. The Bertz CT molecular complexity index is 692. The second-order valence-electron chi connectivity index (χ2n) is 6.93. The van der Waals surface area contributed by atoms with Crippen LogP contribution in [-0.4, -0.2) is 45.1 Å². The van der Waals surface area contributed by atoms with Gasteiger partial charge in [0.25, 0.3) is 0 Å². The van der Waals surface area contributed by atoms with Gasteiger partial charge in [0.2, 0.25) is 5.91 Å². The SMILES string of the molecule is Cc1nc([C@H]2CCN(Cc3ccoc3)C[C@H]2NC(=O)C2CC2)n[nH]1. The molecule has 4 rings (SSSR count). The third kappa shape index (κ3) is 3.36. The molecule has 1 saturated heterocycles. The third-order valence-electron chi connectivity index (χ3n) is 4.91. The van der Waals surface area contributed by atoms with E-state index in [2.05, 4.69) is 25.4 Å². The molecule has 1 amide bonds. The minimum atomic E-state index is 0.0500. The number of carbonyl (C=O) groups is 1. The molecule has 1 saturated carbocycles. The van der Waals surface area contributed by atoms with E-state index in [9.17, 15) is 4.79 Å². The highest BCUT2D eigenvalue weighted by Crippen LogP contribution is 2.31. The van der Waals surface area contributed by atoms with Crippen molar-refractivity contribution in [3.05, 3.63) is 35.8 Å². The van der Waals surface area contributed by atoms with Gasteiger partial charge in [-0.25, -0.2) is 4.98 Å². The maximum atomic E-state index is 12.3. The van der Waals surface area contributed by atoms with E-state index >= 15 is 0 Å². The molecule has 2 atom stereocenters. The van der Waals surface area contributed by atoms with Crippen molar-refractivity contribution in [2.45, 2.75) is 44.7 Å². The lowest BCUT2D eigenvalue weighted by atomic mass is 9.90. The molecule has 0 bridgehead atoms. The smallest absolute Gasteiger partial charge is 0.223 e. The molecule has 7 nitrogen and oxygen atoms in total. The molecule has 0 aromatic carbocycles. The van der Waals surface area contributed by atoms with Crippen molar-refractivity contribution >= 4 is 5.91 Å². The van der Waals surface area contributed by atoms with Crippen LogP contribution in [0.2, 0.25) is 0 Å². The summed E-state index contributed by atoms with van der Waals surface area (Å²) in [5.41, 5.74) is 1.16. The van der Waals surface area contributed by atoms with Gasteiger partial charge in [0.1, 0.15) is 5.82 Å². The van der Waals surface area contributed by atoms with Gasteiger partial charge < -0.3 is 9.73 Å². The minimum Gasteiger partial charge on any atom is -0.472 e. The molecule has 2 fully saturated rings. The number of rotatable bonds is 5. The van der Waals surface area contributed by atoms with E-state index in [1.807, 2.05) is 13.0 Å². The molecule has 2 N–H and O–H groups in total. The number of nitrogens with zero attached hydrogens (tertiary/aromatic N) is 3. The van der Waals surface area contributed by atoms with Gasteiger partial charge >= 0.3 is 0 Å². The Morgan fingerprint density at radius 1 is 1.46 bits per heavy atom. The summed E-state index contributed by atoms with van der Waals surface area (Å²) in [4.78, 5) is 19.1. The quantitative estimate of drug-likeness (QED) is 0.870. The molecular weight excluding hydrogens is 306 g/mol. The maximum absolute atomic E-state index is 12.3. The zero-order valence-electron chi connectivity index (χ0n) is 13.9. The Labute approximate surface area is 140 Å². The standard InChI is InChI=1S/C17H23N5O2/c1-11-18-16(21-20-11)14-4-6-22(8-12-5-7-24-10-12)9-15(14)19-17(23)13-2-3-13/h5,7,10,13-15H,2-4,6,8-9H2,1H3,(H,19,23)(H,18,20,21)/t14-,15+/m0/s1.